The van der Waals surface area contributed by atoms with Crippen LogP contribution in [0.4, 0.5) is 0 Å². The first kappa shape index (κ1) is 50.5. The lowest BCUT2D eigenvalue weighted by atomic mass is 9.84. The number of phenols is 1. The summed E-state index contributed by atoms with van der Waals surface area (Å²) in [4.78, 5) is 81.3. The highest BCUT2D eigenvalue weighted by Gasteiger charge is 2.42. The van der Waals surface area contributed by atoms with Gasteiger partial charge in [-0.15, -0.1) is 0 Å². The molecule has 0 spiro atoms. The summed E-state index contributed by atoms with van der Waals surface area (Å²) in [5.74, 6) is -2.44. The predicted octanol–water partition coefficient (Wildman–Crippen LogP) is 5.88. The highest BCUT2D eigenvalue weighted by atomic mass is 16.5. The largest absolute Gasteiger partial charge is 0.508 e. The average Bonchev–Trinajstić information content (AvgIpc) is 4.09. The van der Waals surface area contributed by atoms with Crippen LogP contribution < -0.4 is 10.7 Å². The molecule has 1 unspecified atom stereocenters. The summed E-state index contributed by atoms with van der Waals surface area (Å²) >= 11 is 0. The number of phenolic OH excluding ortho intramolecular Hbond substituents is 1. The second kappa shape index (κ2) is 20.9. The minimum atomic E-state index is -1.16. The molecule has 4 aliphatic rings. The SMILES string of the molecule is CCn1c(-c2cccnc2[C@H](C)OC)c2c3cc(ccc31)-c1cc(O)cc(c1)C[C@H](NC(=O)C(C(C)C)N(C)C(=O)[C@H]1CCN(C(=O)[C@@H]3CCCN3C)C1)C(=O)N1CCC[C@H](N1)C(=O)OCC(C)(C)C2. The number of carbonyl (C=O) groups is 5. The molecule has 376 valence electrons. The lowest BCUT2D eigenvalue weighted by molar-refractivity contribution is -0.155. The molecule has 0 radical (unpaired) electrons. The molecule has 4 amide bonds. The van der Waals surface area contributed by atoms with E-state index in [2.05, 4.69) is 59.2 Å². The number of aromatic nitrogens is 2. The Balaban J connectivity index is 1.15. The fourth-order valence-corrected chi connectivity index (χ4v) is 11.3. The van der Waals surface area contributed by atoms with Crippen molar-refractivity contribution in [3.8, 4) is 28.1 Å². The number of amides is 4. The molecule has 8 rings (SSSR count). The van der Waals surface area contributed by atoms with E-state index in [1.165, 1.54) is 9.91 Å². The highest BCUT2D eigenvalue weighted by Crippen LogP contribution is 2.42. The molecule has 2 aromatic carbocycles. The molecule has 3 fully saturated rings. The average molecular weight is 961 g/mol. The van der Waals surface area contributed by atoms with Gasteiger partial charge in [0.15, 0.2) is 0 Å². The minimum Gasteiger partial charge on any atom is -0.508 e. The standard InChI is InChI=1S/C54H72N8O8/c1-10-61-44-18-17-35-28-40(44)41(48(61)39-14-11-20-55-46(39)33(4)69-9)29-54(5,6)31-70-53(68)42-15-12-22-62(57-42)51(66)43(26-34-24-37(35)27-38(63)25-34)56-49(64)47(32(2)3)59(8)50(65)36-19-23-60(30-36)52(67)45-16-13-21-58(45)7/h11,14,17-18,20,24-25,27-28,32-33,36,42-43,45,47,57,63H,10,12-13,15-16,19,21-23,26,29-31H2,1-9H3,(H,56,64)/t33-,36-,42-,43-,45-,47?/m0/s1. The first-order valence-corrected chi connectivity index (χ1v) is 25.2. The molecule has 16 heteroatoms. The van der Waals surface area contributed by atoms with Gasteiger partial charge >= 0.3 is 5.97 Å². The van der Waals surface area contributed by atoms with Gasteiger partial charge in [0.05, 0.1) is 36.1 Å². The molecule has 16 nitrogen and oxygen atoms in total. The molecular weight excluding hydrogens is 889 g/mol. The first-order chi connectivity index (χ1) is 33.4. The van der Waals surface area contributed by atoms with Crippen LogP contribution in [0.5, 0.6) is 5.75 Å². The van der Waals surface area contributed by atoms with E-state index < -0.39 is 47.2 Å². The Morgan fingerprint density at radius 2 is 1.79 bits per heavy atom. The Hall–Kier alpha value is -5.84. The summed E-state index contributed by atoms with van der Waals surface area (Å²) in [6.07, 6.45) is 5.25. The summed E-state index contributed by atoms with van der Waals surface area (Å²) in [5, 5.41) is 16.8. The van der Waals surface area contributed by atoms with Gasteiger partial charge < -0.3 is 34.3 Å². The second-order valence-electron chi connectivity index (χ2n) is 21.1. The normalized spacial score (nSPS) is 23.0. The van der Waals surface area contributed by atoms with E-state index in [0.29, 0.717) is 50.9 Å². The number of benzene rings is 2. The van der Waals surface area contributed by atoms with Crippen LogP contribution in [0.1, 0.15) is 96.6 Å². The summed E-state index contributed by atoms with van der Waals surface area (Å²) in [6.45, 7) is 14.7. The van der Waals surface area contributed by atoms with Crippen molar-refractivity contribution in [1.82, 2.24) is 40.0 Å². The van der Waals surface area contributed by atoms with E-state index >= 15 is 0 Å². The van der Waals surface area contributed by atoms with Crippen LogP contribution >= 0.6 is 0 Å². The number of rotatable bonds is 10. The van der Waals surface area contributed by atoms with Crippen LogP contribution in [-0.4, -0.2) is 142 Å². The third-order valence-electron chi connectivity index (χ3n) is 15.0. The van der Waals surface area contributed by atoms with Crippen LogP contribution in [0.3, 0.4) is 0 Å². The van der Waals surface area contributed by atoms with Gasteiger partial charge in [-0.1, -0.05) is 39.8 Å². The van der Waals surface area contributed by atoms with Crippen molar-refractivity contribution in [2.24, 2.45) is 17.3 Å². The van der Waals surface area contributed by atoms with E-state index in [1.807, 2.05) is 46.0 Å². The van der Waals surface area contributed by atoms with Crippen LogP contribution in [0.15, 0.2) is 54.7 Å². The fourth-order valence-electron chi connectivity index (χ4n) is 11.3. The Morgan fingerprint density at radius 3 is 2.50 bits per heavy atom. The maximum atomic E-state index is 14.8. The molecule has 4 aliphatic heterocycles. The quantitative estimate of drug-likeness (QED) is 0.162. The van der Waals surface area contributed by atoms with E-state index in [4.69, 9.17) is 14.5 Å². The molecule has 2 aromatic heterocycles. The number of nitrogens with one attached hydrogen (secondary N) is 2. The summed E-state index contributed by atoms with van der Waals surface area (Å²) in [7, 11) is 5.25. The second-order valence-corrected chi connectivity index (χ2v) is 21.1. The number of nitrogens with zero attached hydrogens (tertiary/aromatic N) is 6. The fraction of sp³-hybridized carbons (Fsp3) is 0.556. The van der Waals surface area contributed by atoms with Crippen molar-refractivity contribution in [3.63, 3.8) is 0 Å². The minimum absolute atomic E-state index is 0.00341. The Morgan fingerprint density at radius 1 is 1.01 bits per heavy atom. The summed E-state index contributed by atoms with van der Waals surface area (Å²) in [6, 6.07) is 12.4. The van der Waals surface area contributed by atoms with E-state index in [9.17, 15) is 29.1 Å². The zero-order valence-corrected chi connectivity index (χ0v) is 42.4. The highest BCUT2D eigenvalue weighted by molar-refractivity contribution is 5.96. The summed E-state index contributed by atoms with van der Waals surface area (Å²) in [5.41, 5.74) is 9.59. The van der Waals surface area contributed by atoms with Crippen LogP contribution in [-0.2, 0) is 52.8 Å². The number of pyridine rings is 1. The van der Waals surface area contributed by atoms with Gasteiger partial charge in [0, 0.05) is 74.8 Å². The van der Waals surface area contributed by atoms with E-state index in [1.54, 1.807) is 37.4 Å². The monoisotopic (exact) mass is 961 g/mol. The van der Waals surface area contributed by atoms with Gasteiger partial charge in [-0.3, -0.25) is 38.9 Å². The number of carbonyl (C=O) groups excluding carboxylic acids is 5. The lowest BCUT2D eigenvalue weighted by Crippen LogP contribution is -2.62. The maximum absolute atomic E-state index is 14.8. The molecule has 0 aliphatic carbocycles. The molecule has 70 heavy (non-hydrogen) atoms. The maximum Gasteiger partial charge on any atom is 0.324 e. The van der Waals surface area contributed by atoms with Gasteiger partial charge in [0.2, 0.25) is 17.7 Å². The van der Waals surface area contributed by atoms with Crippen molar-refractivity contribution in [2.45, 2.75) is 123 Å². The first-order valence-electron chi connectivity index (χ1n) is 25.2. The van der Waals surface area contributed by atoms with Crippen LogP contribution in [0, 0.1) is 17.3 Å². The van der Waals surface area contributed by atoms with Crippen molar-refractivity contribution in [3.05, 3.63) is 71.5 Å². The number of likely N-dealkylation sites (tertiary alicyclic amines) is 2. The summed E-state index contributed by atoms with van der Waals surface area (Å²) < 4.78 is 14.2. The van der Waals surface area contributed by atoms with Gasteiger partial charge in [-0.2, -0.15) is 0 Å². The number of hydrogen-bond donors (Lipinski definition) is 3. The molecule has 3 N–H and O–H groups in total. The molecule has 6 bridgehead atoms. The number of hydrazine groups is 1. The molecule has 6 heterocycles. The molecular formula is C54H72N8O8. The zero-order chi connectivity index (χ0) is 50.2. The van der Waals surface area contributed by atoms with Crippen LogP contribution in [0.2, 0.25) is 0 Å². The molecule has 4 aromatic rings. The molecule has 6 atom stereocenters. The van der Waals surface area contributed by atoms with Crippen molar-refractivity contribution >= 4 is 40.5 Å². The van der Waals surface area contributed by atoms with Gasteiger partial charge in [0.25, 0.3) is 5.91 Å². The number of fused-ring (bicyclic) bond motifs is 6. The number of methoxy groups -OCH3 is 1. The van der Waals surface area contributed by atoms with Crippen molar-refractivity contribution in [2.75, 3.05) is 54.0 Å². The zero-order valence-electron chi connectivity index (χ0n) is 42.4. The van der Waals surface area contributed by atoms with E-state index in [-0.39, 0.29) is 55.2 Å². The predicted molar refractivity (Wildman–Crippen MR) is 267 cm³/mol. The molecule has 0 saturated carbocycles. The number of esters is 1. The number of cyclic esters (lactones) is 1. The smallest absolute Gasteiger partial charge is 0.324 e. The third-order valence-corrected chi connectivity index (χ3v) is 15.0. The topological polar surface area (TPSA) is 179 Å². The Bertz CT molecular complexity index is 2630. The molecule has 3 saturated heterocycles. The number of likely N-dealkylation sites (N-methyl/N-ethyl adjacent to an activating group) is 2. The van der Waals surface area contributed by atoms with Crippen LogP contribution in [0.25, 0.3) is 33.3 Å². The number of hydrogen-bond acceptors (Lipinski definition) is 11. The number of aryl methyl sites for hydroxylation is 1. The van der Waals surface area contributed by atoms with Crippen molar-refractivity contribution < 1.29 is 38.6 Å². The number of ether oxygens (including phenoxy) is 2. The van der Waals surface area contributed by atoms with Gasteiger partial charge in [-0.05, 0) is 131 Å². The third kappa shape index (κ3) is 10.3. The number of aromatic hydroxyl groups is 1. The van der Waals surface area contributed by atoms with E-state index in [0.717, 1.165) is 63.9 Å². The van der Waals surface area contributed by atoms with Gasteiger partial charge in [0.1, 0.15) is 23.9 Å². The lowest BCUT2D eigenvalue weighted by Gasteiger charge is -2.37. The Labute approximate surface area is 412 Å². The Kier molecular flexibility index (Phi) is 15.1. The van der Waals surface area contributed by atoms with Gasteiger partial charge in [-0.25, -0.2) is 5.43 Å². The van der Waals surface area contributed by atoms with Crippen molar-refractivity contribution in [1.29, 1.82) is 0 Å².